The number of hydrogen-bond acceptors (Lipinski definition) is 6. The van der Waals surface area contributed by atoms with Gasteiger partial charge in [-0.05, 0) is 29.7 Å². The number of fused-ring (bicyclic) bond motifs is 1. The number of esters is 1. The van der Waals surface area contributed by atoms with E-state index < -0.39 is 23.5 Å². The molecule has 3 heterocycles. The van der Waals surface area contributed by atoms with Crippen LogP contribution in [0.4, 0.5) is 0 Å². The van der Waals surface area contributed by atoms with Crippen LogP contribution in [-0.2, 0) is 37.1 Å². The van der Waals surface area contributed by atoms with Crippen LogP contribution in [0.5, 0.6) is 0 Å². The number of piperazine rings is 1. The molecule has 196 valence electrons. The van der Waals surface area contributed by atoms with Gasteiger partial charge in [0.1, 0.15) is 30.5 Å². The lowest BCUT2D eigenvalue weighted by Crippen LogP contribution is -2.67. The first-order valence-electron chi connectivity index (χ1n) is 12.6. The zero-order chi connectivity index (χ0) is 26.5. The topological polar surface area (TPSA) is 89.3 Å². The quantitative estimate of drug-likeness (QED) is 0.301. The van der Waals surface area contributed by atoms with Gasteiger partial charge in [0, 0.05) is 6.54 Å². The van der Waals surface area contributed by atoms with Crippen molar-refractivity contribution in [2.75, 3.05) is 19.7 Å². The highest BCUT2D eigenvalue weighted by Gasteiger charge is 2.64. The Hall–Kier alpha value is -4.17. The molecule has 2 aliphatic heterocycles. The summed E-state index contributed by atoms with van der Waals surface area (Å²) < 4.78 is 17.5. The zero-order valence-corrected chi connectivity index (χ0v) is 21.0. The second kappa shape index (κ2) is 11.1. The molecule has 2 unspecified atom stereocenters. The summed E-state index contributed by atoms with van der Waals surface area (Å²) in [4.78, 5) is 44.2. The van der Waals surface area contributed by atoms with Gasteiger partial charge in [-0.15, -0.1) is 6.58 Å². The van der Waals surface area contributed by atoms with E-state index in [1.165, 1.54) is 16.1 Å². The summed E-state index contributed by atoms with van der Waals surface area (Å²) in [7, 11) is 0. The fourth-order valence-electron chi connectivity index (χ4n) is 5.45. The summed E-state index contributed by atoms with van der Waals surface area (Å²) in [5, 5.41) is 0. The van der Waals surface area contributed by atoms with Gasteiger partial charge in [0.05, 0.1) is 25.4 Å². The summed E-state index contributed by atoms with van der Waals surface area (Å²) in [6.45, 7) is 4.11. The van der Waals surface area contributed by atoms with Crippen molar-refractivity contribution in [3.05, 3.63) is 109 Å². The van der Waals surface area contributed by atoms with E-state index in [2.05, 4.69) is 6.58 Å². The van der Waals surface area contributed by atoms with Crippen molar-refractivity contribution in [2.24, 2.45) is 5.92 Å². The van der Waals surface area contributed by atoms with E-state index in [1.807, 2.05) is 60.7 Å². The number of nitrogens with zero attached hydrogens (tertiary/aromatic N) is 2. The van der Waals surface area contributed by atoms with Gasteiger partial charge in [-0.1, -0.05) is 66.7 Å². The van der Waals surface area contributed by atoms with Gasteiger partial charge in [0.2, 0.25) is 5.91 Å². The lowest BCUT2D eigenvalue weighted by molar-refractivity contribution is -0.169. The van der Waals surface area contributed by atoms with Gasteiger partial charge in [-0.2, -0.15) is 0 Å². The highest BCUT2D eigenvalue weighted by Crippen LogP contribution is 2.50. The third kappa shape index (κ3) is 4.87. The summed E-state index contributed by atoms with van der Waals surface area (Å²) >= 11 is 0. The minimum absolute atomic E-state index is 0.0546. The van der Waals surface area contributed by atoms with E-state index in [1.54, 1.807) is 18.2 Å². The molecule has 0 radical (unpaired) electrons. The van der Waals surface area contributed by atoms with Crippen LogP contribution in [0.2, 0.25) is 0 Å². The summed E-state index contributed by atoms with van der Waals surface area (Å²) in [6, 6.07) is 21.6. The van der Waals surface area contributed by atoms with Crippen molar-refractivity contribution in [1.82, 2.24) is 9.80 Å². The molecule has 1 aromatic heterocycles. The van der Waals surface area contributed by atoms with Crippen molar-refractivity contribution in [2.45, 2.75) is 31.2 Å². The second-order valence-corrected chi connectivity index (χ2v) is 9.61. The zero-order valence-electron chi connectivity index (χ0n) is 21.0. The number of amides is 2. The van der Waals surface area contributed by atoms with Crippen molar-refractivity contribution in [3.8, 4) is 0 Å². The molecular formula is C30H30N2O6. The predicted molar refractivity (Wildman–Crippen MR) is 138 cm³/mol. The molecule has 0 N–H and O–H groups in total. The molecule has 2 saturated heterocycles. The second-order valence-electron chi connectivity index (χ2n) is 9.61. The maximum Gasteiger partial charge on any atom is 0.311 e. The molecule has 0 saturated carbocycles. The Morgan fingerprint density at radius 2 is 1.68 bits per heavy atom. The maximum atomic E-state index is 14.0. The lowest BCUT2D eigenvalue weighted by atomic mass is 9.88. The first-order chi connectivity index (χ1) is 18.5. The first kappa shape index (κ1) is 25.5. The molecule has 2 fully saturated rings. The van der Waals surface area contributed by atoms with E-state index in [4.69, 9.17) is 13.9 Å². The molecule has 0 aliphatic carbocycles. The monoisotopic (exact) mass is 514 g/mol. The van der Waals surface area contributed by atoms with Crippen LogP contribution < -0.4 is 0 Å². The number of furan rings is 1. The molecule has 38 heavy (non-hydrogen) atoms. The molecule has 0 bridgehead atoms. The average Bonchev–Trinajstić information content (AvgIpc) is 3.59. The summed E-state index contributed by atoms with van der Waals surface area (Å²) in [5.41, 5.74) is 0.393. The van der Waals surface area contributed by atoms with Crippen LogP contribution in [0.3, 0.4) is 0 Å². The van der Waals surface area contributed by atoms with Crippen molar-refractivity contribution >= 4 is 17.8 Å². The molecule has 0 spiro atoms. The highest BCUT2D eigenvalue weighted by atomic mass is 16.5. The Labute approximate surface area is 221 Å². The average molecular weight is 515 g/mol. The largest absolute Gasteiger partial charge is 0.467 e. The standard InChI is InChI=1S/C30H30N2O6/c1-2-15-31-18-26(33)32-27(25-14-9-16-37-25)24(28(34)38-20-23-12-7-4-8-13-23)17-30(32,29(31)35)21-36-19-22-10-5-3-6-11-22/h2-14,16,24,27H,1,15,17-21H2/t24?,27?,30-/m0/s1. The van der Waals surface area contributed by atoms with Crippen LogP contribution in [0, 0.1) is 5.92 Å². The van der Waals surface area contributed by atoms with Gasteiger partial charge in [0.15, 0.2) is 0 Å². The number of benzene rings is 2. The smallest absolute Gasteiger partial charge is 0.311 e. The third-order valence-corrected chi connectivity index (χ3v) is 7.12. The predicted octanol–water partition coefficient (Wildman–Crippen LogP) is 3.90. The number of carbonyl (C=O) groups is 3. The number of hydrogen-bond donors (Lipinski definition) is 0. The Morgan fingerprint density at radius 1 is 1.00 bits per heavy atom. The van der Waals surface area contributed by atoms with Crippen LogP contribution >= 0.6 is 0 Å². The first-order valence-corrected chi connectivity index (χ1v) is 12.6. The van der Waals surface area contributed by atoms with Gasteiger partial charge >= 0.3 is 5.97 Å². The minimum Gasteiger partial charge on any atom is -0.467 e. The van der Waals surface area contributed by atoms with Crippen LogP contribution in [0.25, 0.3) is 0 Å². The molecule has 2 amide bonds. The third-order valence-electron chi connectivity index (χ3n) is 7.12. The molecule has 2 aliphatic rings. The Kier molecular flexibility index (Phi) is 7.42. The highest BCUT2D eigenvalue weighted by molar-refractivity contribution is 6.00. The van der Waals surface area contributed by atoms with Gasteiger partial charge < -0.3 is 23.7 Å². The van der Waals surface area contributed by atoms with Crippen LogP contribution in [0.15, 0.2) is 96.1 Å². The normalized spacial score (nSPS) is 22.8. The molecule has 5 rings (SSSR count). The van der Waals surface area contributed by atoms with Crippen LogP contribution in [-0.4, -0.2) is 52.8 Å². The molecule has 2 aromatic carbocycles. The van der Waals surface area contributed by atoms with Crippen molar-refractivity contribution < 1.29 is 28.3 Å². The maximum absolute atomic E-state index is 14.0. The van der Waals surface area contributed by atoms with Gasteiger partial charge in [0.25, 0.3) is 5.91 Å². The fraction of sp³-hybridized carbons (Fsp3) is 0.300. The molecule has 3 aromatic rings. The van der Waals surface area contributed by atoms with Gasteiger partial charge in [-0.3, -0.25) is 14.4 Å². The molecule has 3 atom stereocenters. The molecule has 8 heteroatoms. The Morgan fingerprint density at radius 3 is 2.32 bits per heavy atom. The minimum atomic E-state index is -1.39. The lowest BCUT2D eigenvalue weighted by Gasteiger charge is -2.46. The summed E-state index contributed by atoms with van der Waals surface area (Å²) in [6.07, 6.45) is 3.14. The Bertz CT molecular complexity index is 1280. The Balaban J connectivity index is 1.48. The van der Waals surface area contributed by atoms with Crippen molar-refractivity contribution in [3.63, 3.8) is 0 Å². The molecule has 8 nitrogen and oxygen atoms in total. The van der Waals surface area contributed by atoms with E-state index in [0.29, 0.717) is 5.76 Å². The SMILES string of the molecule is C=CCN1CC(=O)N2C(c3ccco3)C(C(=O)OCc3ccccc3)C[C@]2(COCc2ccccc2)C1=O. The number of carbonyl (C=O) groups excluding carboxylic acids is 3. The number of ether oxygens (including phenoxy) is 2. The van der Waals surface area contributed by atoms with E-state index >= 15 is 0 Å². The van der Waals surface area contributed by atoms with Crippen molar-refractivity contribution in [1.29, 1.82) is 0 Å². The van der Waals surface area contributed by atoms with Gasteiger partial charge in [-0.25, -0.2) is 0 Å². The number of rotatable bonds is 10. The van der Waals surface area contributed by atoms with E-state index in [9.17, 15) is 14.4 Å². The fourth-order valence-corrected chi connectivity index (χ4v) is 5.45. The van der Waals surface area contributed by atoms with E-state index in [-0.39, 0.29) is 51.1 Å². The van der Waals surface area contributed by atoms with Crippen LogP contribution in [0.1, 0.15) is 29.3 Å². The summed E-state index contributed by atoms with van der Waals surface area (Å²) in [5.74, 6) is -1.45. The van der Waals surface area contributed by atoms with E-state index in [0.717, 1.165) is 11.1 Å². The molecular weight excluding hydrogens is 484 g/mol.